The molecule has 0 bridgehead atoms. The van der Waals surface area contributed by atoms with E-state index < -0.39 is 29.8 Å². The van der Waals surface area contributed by atoms with Gasteiger partial charge in [-0.1, -0.05) is 42.5 Å². The molecule has 0 aliphatic carbocycles. The molecule has 2 aromatic carbocycles. The van der Waals surface area contributed by atoms with Gasteiger partial charge in [-0.05, 0) is 23.3 Å². The summed E-state index contributed by atoms with van der Waals surface area (Å²) in [6.07, 6.45) is -1.55. The van der Waals surface area contributed by atoms with Gasteiger partial charge in [-0.2, -0.15) is 0 Å². The van der Waals surface area contributed by atoms with Gasteiger partial charge in [0.15, 0.2) is 6.10 Å². The number of carbonyl (C=O) groups is 2. The third-order valence-electron chi connectivity index (χ3n) is 3.31. The summed E-state index contributed by atoms with van der Waals surface area (Å²) in [5.74, 6) is -2.56. The van der Waals surface area contributed by atoms with Crippen LogP contribution in [0.15, 0.2) is 54.6 Å². The van der Waals surface area contributed by atoms with Crippen LogP contribution in [0.2, 0.25) is 0 Å². The fourth-order valence-electron chi connectivity index (χ4n) is 2.14. The summed E-state index contributed by atoms with van der Waals surface area (Å²) in [5.41, 5.74) is 0.798. The number of carboxylic acid groups (broad SMARTS) is 1. The molecule has 0 unspecified atom stereocenters. The first-order valence-electron chi connectivity index (χ1n) is 6.98. The number of amides is 1. The van der Waals surface area contributed by atoms with Gasteiger partial charge in [-0.15, -0.1) is 0 Å². The van der Waals surface area contributed by atoms with Crippen molar-refractivity contribution < 1.29 is 24.2 Å². The highest BCUT2D eigenvalue weighted by Gasteiger charge is 2.25. The Hall–Kier alpha value is -2.73. The Morgan fingerprint density at radius 1 is 1.09 bits per heavy atom. The Labute approximate surface area is 132 Å². The minimum Gasteiger partial charge on any atom is -0.480 e. The summed E-state index contributed by atoms with van der Waals surface area (Å²) >= 11 is 0. The van der Waals surface area contributed by atoms with Crippen LogP contribution < -0.4 is 5.32 Å². The monoisotopic (exact) mass is 317 g/mol. The summed E-state index contributed by atoms with van der Waals surface area (Å²) in [7, 11) is 0. The number of carbonyl (C=O) groups excluding carboxylic acids is 1. The standard InChI is InChI=1S/C17H16FNO4/c18-13-8-4-5-11(9-13)10-14(17(22)23)19-16(21)15(20)12-6-2-1-3-7-12/h1-9,14-15,20H,10H2,(H,19,21)(H,22,23)/t14-,15-/m0/s1. The van der Waals surface area contributed by atoms with Crippen molar-refractivity contribution in [2.75, 3.05) is 0 Å². The summed E-state index contributed by atoms with van der Waals surface area (Å²) in [5, 5.41) is 21.5. The largest absolute Gasteiger partial charge is 0.480 e. The van der Waals surface area contributed by atoms with Gasteiger partial charge in [0, 0.05) is 6.42 Å². The zero-order valence-electron chi connectivity index (χ0n) is 12.1. The van der Waals surface area contributed by atoms with Crippen molar-refractivity contribution >= 4 is 11.9 Å². The minimum absolute atomic E-state index is 0.0830. The molecule has 0 spiro atoms. The van der Waals surface area contributed by atoms with Crippen molar-refractivity contribution in [1.29, 1.82) is 0 Å². The highest BCUT2D eigenvalue weighted by atomic mass is 19.1. The van der Waals surface area contributed by atoms with Crippen LogP contribution in [0.3, 0.4) is 0 Å². The quantitative estimate of drug-likeness (QED) is 0.756. The molecule has 2 atom stereocenters. The number of carboxylic acids is 1. The molecule has 6 heteroatoms. The molecule has 3 N–H and O–H groups in total. The third-order valence-corrected chi connectivity index (χ3v) is 3.31. The highest BCUT2D eigenvalue weighted by Crippen LogP contribution is 2.13. The predicted molar refractivity (Wildman–Crippen MR) is 81.1 cm³/mol. The SMILES string of the molecule is O=C(O)[C@H](Cc1cccc(F)c1)NC(=O)[C@@H](O)c1ccccc1. The van der Waals surface area contributed by atoms with Crippen molar-refractivity contribution in [3.8, 4) is 0 Å². The average molecular weight is 317 g/mol. The van der Waals surface area contributed by atoms with Crippen molar-refractivity contribution in [3.63, 3.8) is 0 Å². The van der Waals surface area contributed by atoms with Crippen molar-refractivity contribution in [2.24, 2.45) is 0 Å². The Morgan fingerprint density at radius 3 is 2.39 bits per heavy atom. The predicted octanol–water partition coefficient (Wildman–Crippen LogP) is 1.67. The van der Waals surface area contributed by atoms with Gasteiger partial charge in [0.05, 0.1) is 0 Å². The number of hydrogen-bond acceptors (Lipinski definition) is 3. The number of nitrogens with one attached hydrogen (secondary N) is 1. The van der Waals surface area contributed by atoms with Gasteiger partial charge < -0.3 is 15.5 Å². The molecule has 0 aliphatic heterocycles. The van der Waals surface area contributed by atoms with E-state index in [0.717, 1.165) is 0 Å². The maximum atomic E-state index is 13.2. The molecule has 0 saturated heterocycles. The normalized spacial score (nSPS) is 13.1. The zero-order valence-corrected chi connectivity index (χ0v) is 12.1. The topological polar surface area (TPSA) is 86.6 Å². The van der Waals surface area contributed by atoms with Gasteiger partial charge in [0.1, 0.15) is 11.9 Å². The van der Waals surface area contributed by atoms with Crippen molar-refractivity contribution in [1.82, 2.24) is 5.32 Å². The molecule has 2 aromatic rings. The van der Waals surface area contributed by atoms with Gasteiger partial charge in [0.25, 0.3) is 5.91 Å². The number of halogens is 1. The van der Waals surface area contributed by atoms with Crippen LogP contribution in [0.4, 0.5) is 4.39 Å². The first kappa shape index (κ1) is 16.6. The lowest BCUT2D eigenvalue weighted by Crippen LogP contribution is -2.44. The Bertz CT molecular complexity index is 690. The molecule has 5 nitrogen and oxygen atoms in total. The van der Waals surface area contributed by atoms with Gasteiger partial charge in [-0.25, -0.2) is 9.18 Å². The lowest BCUT2D eigenvalue weighted by Gasteiger charge is -2.17. The van der Waals surface area contributed by atoms with E-state index in [9.17, 15) is 24.2 Å². The number of aliphatic hydroxyl groups is 1. The van der Waals surface area contributed by atoms with Gasteiger partial charge >= 0.3 is 5.97 Å². The molecule has 1 amide bonds. The fraction of sp³-hybridized carbons (Fsp3) is 0.176. The van der Waals surface area contributed by atoms with Crippen molar-refractivity contribution in [2.45, 2.75) is 18.6 Å². The van der Waals surface area contributed by atoms with E-state index in [1.165, 1.54) is 18.2 Å². The molecule has 0 saturated carbocycles. The lowest BCUT2D eigenvalue weighted by molar-refractivity contribution is -0.143. The van der Waals surface area contributed by atoms with E-state index in [0.29, 0.717) is 11.1 Å². The van der Waals surface area contributed by atoms with E-state index in [4.69, 9.17) is 0 Å². The lowest BCUT2D eigenvalue weighted by atomic mass is 10.0. The third kappa shape index (κ3) is 4.62. The second kappa shape index (κ2) is 7.51. The maximum absolute atomic E-state index is 13.2. The molecule has 2 rings (SSSR count). The summed E-state index contributed by atoms with van der Waals surface area (Å²) in [4.78, 5) is 23.3. The Kier molecular flexibility index (Phi) is 5.43. The van der Waals surface area contributed by atoms with Crippen LogP contribution in [0.5, 0.6) is 0 Å². The van der Waals surface area contributed by atoms with Crippen LogP contribution in [0.25, 0.3) is 0 Å². The first-order valence-corrected chi connectivity index (χ1v) is 6.98. The second-order valence-electron chi connectivity index (χ2n) is 5.05. The van der Waals surface area contributed by atoms with E-state index in [2.05, 4.69) is 5.32 Å². The van der Waals surface area contributed by atoms with Gasteiger partial charge in [-0.3, -0.25) is 4.79 Å². The van der Waals surface area contributed by atoms with Crippen LogP contribution in [-0.2, 0) is 16.0 Å². The summed E-state index contributed by atoms with van der Waals surface area (Å²) in [6.45, 7) is 0. The number of rotatable bonds is 6. The molecular weight excluding hydrogens is 301 g/mol. The molecular formula is C17H16FNO4. The van der Waals surface area contributed by atoms with Crippen LogP contribution in [0, 0.1) is 5.82 Å². The van der Waals surface area contributed by atoms with E-state index in [1.54, 1.807) is 36.4 Å². The van der Waals surface area contributed by atoms with E-state index >= 15 is 0 Å². The molecule has 0 aliphatic rings. The fourth-order valence-corrected chi connectivity index (χ4v) is 2.14. The molecule has 0 aromatic heterocycles. The summed E-state index contributed by atoms with van der Waals surface area (Å²) < 4.78 is 13.2. The van der Waals surface area contributed by atoms with E-state index in [1.807, 2.05) is 0 Å². The molecule has 0 fully saturated rings. The average Bonchev–Trinajstić information content (AvgIpc) is 2.54. The number of aliphatic hydroxyl groups excluding tert-OH is 1. The van der Waals surface area contributed by atoms with Crippen molar-refractivity contribution in [3.05, 3.63) is 71.5 Å². The number of benzene rings is 2. The smallest absolute Gasteiger partial charge is 0.326 e. The molecule has 23 heavy (non-hydrogen) atoms. The number of aliphatic carboxylic acids is 1. The number of hydrogen-bond donors (Lipinski definition) is 3. The van der Waals surface area contributed by atoms with Gasteiger partial charge in [0.2, 0.25) is 0 Å². The van der Waals surface area contributed by atoms with Crippen LogP contribution in [0.1, 0.15) is 17.2 Å². The molecule has 0 heterocycles. The van der Waals surface area contributed by atoms with Crippen LogP contribution in [-0.4, -0.2) is 28.1 Å². The Morgan fingerprint density at radius 2 is 1.78 bits per heavy atom. The van der Waals surface area contributed by atoms with Crippen LogP contribution >= 0.6 is 0 Å². The maximum Gasteiger partial charge on any atom is 0.326 e. The first-order chi connectivity index (χ1) is 11.0. The zero-order chi connectivity index (χ0) is 16.8. The summed E-state index contributed by atoms with van der Waals surface area (Å²) in [6, 6.07) is 12.4. The second-order valence-corrected chi connectivity index (χ2v) is 5.05. The minimum atomic E-state index is -1.47. The van der Waals surface area contributed by atoms with E-state index in [-0.39, 0.29) is 6.42 Å². The molecule has 120 valence electrons. The highest BCUT2D eigenvalue weighted by molar-refractivity contribution is 5.87. The molecule has 0 radical (unpaired) electrons. The Balaban J connectivity index is 2.07.